The molecule has 1 fully saturated rings. The Kier molecular flexibility index (Phi) is 2.68. The van der Waals surface area contributed by atoms with Gasteiger partial charge in [0.1, 0.15) is 11.5 Å². The van der Waals surface area contributed by atoms with Crippen molar-refractivity contribution in [2.45, 2.75) is 23.9 Å². The first kappa shape index (κ1) is 12.0. The van der Waals surface area contributed by atoms with Gasteiger partial charge in [0, 0.05) is 5.69 Å². The second-order valence-electron chi connectivity index (χ2n) is 4.96. The molecule has 3 rings (SSSR count). The third-order valence-corrected chi connectivity index (χ3v) is 4.12. The first-order valence-corrected chi connectivity index (χ1v) is 6.31. The minimum Gasteiger partial charge on any atom is -0.468 e. The van der Waals surface area contributed by atoms with Crippen LogP contribution in [0.3, 0.4) is 0 Å². The Morgan fingerprint density at radius 3 is 3.05 bits per heavy atom. The molecule has 5 nitrogen and oxygen atoms in total. The number of carbonyl (C=O) groups excluding carboxylic acids is 1. The number of fused-ring (bicyclic) bond motifs is 3. The third-order valence-electron chi connectivity index (χ3n) is 4.12. The van der Waals surface area contributed by atoms with Crippen LogP contribution in [-0.4, -0.2) is 31.7 Å². The van der Waals surface area contributed by atoms with E-state index in [0.717, 1.165) is 11.3 Å². The minimum absolute atomic E-state index is 0.281. The zero-order valence-electron chi connectivity index (χ0n) is 10.6. The normalized spacial score (nSPS) is 31.6. The van der Waals surface area contributed by atoms with Crippen LogP contribution in [0.4, 0.5) is 5.69 Å². The van der Waals surface area contributed by atoms with E-state index in [0.29, 0.717) is 13.0 Å². The van der Waals surface area contributed by atoms with Crippen molar-refractivity contribution in [3.05, 3.63) is 29.8 Å². The molecule has 0 aromatic heterocycles. The maximum Gasteiger partial charge on any atom is 0.325 e. The molecule has 1 saturated heterocycles. The Morgan fingerprint density at radius 1 is 1.53 bits per heavy atom. The number of ether oxygens (including phenoxy) is 1. The minimum atomic E-state index is -0.652. The molecular weight excluding hydrogens is 242 g/mol. The zero-order chi connectivity index (χ0) is 13.5. The van der Waals surface area contributed by atoms with Crippen molar-refractivity contribution in [2.24, 2.45) is 0 Å². The molecule has 2 aliphatic rings. The number of nitrogens with zero attached hydrogens (tertiary/aromatic N) is 1. The Labute approximate surface area is 111 Å². The average molecular weight is 257 g/mol. The van der Waals surface area contributed by atoms with Gasteiger partial charge >= 0.3 is 5.97 Å². The van der Waals surface area contributed by atoms with Crippen LogP contribution in [0, 0.1) is 11.3 Å². The lowest BCUT2D eigenvalue weighted by Crippen LogP contribution is -2.61. The highest BCUT2D eigenvalue weighted by Crippen LogP contribution is 2.45. The molecule has 2 heterocycles. The first-order valence-electron chi connectivity index (χ1n) is 6.31. The number of para-hydroxylation sites is 1. The van der Waals surface area contributed by atoms with Crippen molar-refractivity contribution in [1.29, 1.82) is 5.26 Å². The van der Waals surface area contributed by atoms with E-state index in [1.54, 1.807) is 0 Å². The number of piperidine rings is 1. The van der Waals surface area contributed by atoms with Gasteiger partial charge in [-0.15, -0.1) is 0 Å². The second kappa shape index (κ2) is 4.25. The number of nitrogens with one attached hydrogen (secondary N) is 2. The zero-order valence-corrected chi connectivity index (χ0v) is 10.6. The molecule has 0 radical (unpaired) electrons. The molecular formula is C14H15N3O2. The Morgan fingerprint density at radius 2 is 2.32 bits per heavy atom. The lowest BCUT2D eigenvalue weighted by Gasteiger charge is -2.38. The molecule has 5 heteroatoms. The number of nitriles is 1. The van der Waals surface area contributed by atoms with E-state index in [1.807, 2.05) is 24.3 Å². The van der Waals surface area contributed by atoms with Crippen LogP contribution in [0.5, 0.6) is 0 Å². The number of rotatable bonds is 1. The SMILES string of the molecule is COC(=O)C1NCC[C@@]2(C#N)c3ccccc3N[C@@H]12. The molecule has 98 valence electrons. The summed E-state index contributed by atoms with van der Waals surface area (Å²) in [6.45, 7) is 0.625. The standard InChI is InChI=1S/C14H15N3O2/c1-19-13(18)11-12-14(8-15,6-7-16-11)9-4-2-3-5-10(9)17-12/h2-5,11-12,16-17H,6-7H2,1H3/t11?,12-,14+/m0/s1. The van der Waals surface area contributed by atoms with E-state index in [2.05, 4.69) is 16.7 Å². The number of esters is 1. The number of anilines is 1. The van der Waals surface area contributed by atoms with Gasteiger partial charge in [-0.25, -0.2) is 0 Å². The first-order chi connectivity index (χ1) is 9.23. The number of methoxy groups -OCH3 is 1. The fourth-order valence-electron chi connectivity index (χ4n) is 3.19. The van der Waals surface area contributed by atoms with E-state index < -0.39 is 11.5 Å². The molecule has 19 heavy (non-hydrogen) atoms. The summed E-state index contributed by atoms with van der Waals surface area (Å²) in [6, 6.07) is 9.42. The molecule has 0 bridgehead atoms. The molecule has 1 aromatic carbocycles. The Hall–Kier alpha value is -2.06. The molecule has 2 N–H and O–H groups in total. The van der Waals surface area contributed by atoms with E-state index in [-0.39, 0.29) is 12.0 Å². The van der Waals surface area contributed by atoms with Crippen LogP contribution < -0.4 is 10.6 Å². The predicted molar refractivity (Wildman–Crippen MR) is 69.6 cm³/mol. The summed E-state index contributed by atoms with van der Waals surface area (Å²) >= 11 is 0. The van der Waals surface area contributed by atoms with Gasteiger partial charge in [0.05, 0.1) is 19.2 Å². The highest BCUT2D eigenvalue weighted by Gasteiger charge is 2.54. The lowest BCUT2D eigenvalue weighted by atomic mass is 9.70. The monoisotopic (exact) mass is 257 g/mol. The molecule has 1 aromatic rings. The van der Waals surface area contributed by atoms with E-state index in [9.17, 15) is 10.1 Å². The van der Waals surface area contributed by atoms with Gasteiger partial charge in [-0.3, -0.25) is 4.79 Å². The van der Waals surface area contributed by atoms with Crippen molar-refractivity contribution in [2.75, 3.05) is 19.0 Å². The van der Waals surface area contributed by atoms with E-state index >= 15 is 0 Å². The van der Waals surface area contributed by atoms with Gasteiger partial charge in [-0.2, -0.15) is 5.26 Å². The fourth-order valence-corrected chi connectivity index (χ4v) is 3.19. The van der Waals surface area contributed by atoms with Gasteiger partial charge in [0.15, 0.2) is 0 Å². The second-order valence-corrected chi connectivity index (χ2v) is 4.96. The topological polar surface area (TPSA) is 74.1 Å². The Balaban J connectivity index is 2.08. The van der Waals surface area contributed by atoms with Crippen LogP contribution in [0.25, 0.3) is 0 Å². The molecule has 0 saturated carbocycles. The van der Waals surface area contributed by atoms with Crippen molar-refractivity contribution in [3.63, 3.8) is 0 Å². The summed E-state index contributed by atoms with van der Waals surface area (Å²) < 4.78 is 4.84. The quantitative estimate of drug-likeness (QED) is 0.727. The summed E-state index contributed by atoms with van der Waals surface area (Å²) in [6.07, 6.45) is 0.686. The van der Waals surface area contributed by atoms with Gasteiger partial charge in [-0.1, -0.05) is 18.2 Å². The van der Waals surface area contributed by atoms with E-state index in [1.165, 1.54) is 7.11 Å². The third kappa shape index (κ3) is 1.53. The molecule has 3 atom stereocenters. The summed E-state index contributed by atoms with van der Waals surface area (Å²) in [5, 5.41) is 16.2. The van der Waals surface area contributed by atoms with Gasteiger partial charge < -0.3 is 15.4 Å². The smallest absolute Gasteiger partial charge is 0.325 e. The predicted octanol–water partition coefficient (Wildman–Crippen LogP) is 0.777. The number of hydrogen-bond acceptors (Lipinski definition) is 5. The van der Waals surface area contributed by atoms with Crippen LogP contribution >= 0.6 is 0 Å². The number of carbonyl (C=O) groups is 1. The summed E-state index contributed by atoms with van der Waals surface area (Å²) in [5.74, 6) is -0.329. The van der Waals surface area contributed by atoms with Crippen LogP contribution in [0.15, 0.2) is 24.3 Å². The fraction of sp³-hybridized carbons (Fsp3) is 0.429. The molecule has 2 aliphatic heterocycles. The van der Waals surface area contributed by atoms with Crippen LogP contribution in [0.2, 0.25) is 0 Å². The van der Waals surface area contributed by atoms with E-state index in [4.69, 9.17) is 4.74 Å². The largest absolute Gasteiger partial charge is 0.468 e. The maximum absolute atomic E-state index is 11.9. The van der Waals surface area contributed by atoms with Gasteiger partial charge in [0.25, 0.3) is 0 Å². The van der Waals surface area contributed by atoms with Crippen molar-refractivity contribution in [3.8, 4) is 6.07 Å². The summed E-state index contributed by atoms with van der Waals surface area (Å²) in [7, 11) is 1.37. The molecule has 0 amide bonds. The lowest BCUT2D eigenvalue weighted by molar-refractivity contribution is -0.144. The summed E-state index contributed by atoms with van der Waals surface area (Å²) in [4.78, 5) is 11.9. The molecule has 0 aliphatic carbocycles. The maximum atomic E-state index is 11.9. The van der Waals surface area contributed by atoms with Crippen LogP contribution in [0.1, 0.15) is 12.0 Å². The summed E-state index contributed by atoms with van der Waals surface area (Å²) in [5.41, 5.74) is 1.27. The average Bonchev–Trinajstić information content (AvgIpc) is 2.81. The number of benzene rings is 1. The van der Waals surface area contributed by atoms with Gasteiger partial charge in [0.2, 0.25) is 0 Å². The van der Waals surface area contributed by atoms with Crippen LogP contribution in [-0.2, 0) is 14.9 Å². The highest BCUT2D eigenvalue weighted by molar-refractivity contribution is 5.80. The van der Waals surface area contributed by atoms with Crippen molar-refractivity contribution in [1.82, 2.24) is 5.32 Å². The highest BCUT2D eigenvalue weighted by atomic mass is 16.5. The molecule has 1 unspecified atom stereocenters. The Bertz CT molecular complexity index is 566. The molecule has 0 spiro atoms. The number of hydrogen-bond donors (Lipinski definition) is 2. The van der Waals surface area contributed by atoms with Crippen molar-refractivity contribution >= 4 is 11.7 Å². The van der Waals surface area contributed by atoms with Gasteiger partial charge in [-0.05, 0) is 24.6 Å². The van der Waals surface area contributed by atoms with Crippen molar-refractivity contribution < 1.29 is 9.53 Å².